The number of rotatable bonds is 5. The van der Waals surface area contributed by atoms with E-state index < -0.39 is 0 Å². The maximum atomic E-state index is 5.49. The Morgan fingerprint density at radius 1 is 1.40 bits per heavy atom. The van der Waals surface area contributed by atoms with Crippen LogP contribution in [0.15, 0.2) is 0 Å². The Labute approximate surface area is 95.6 Å². The highest BCUT2D eigenvalue weighted by Gasteiger charge is 2.28. The molecule has 1 fully saturated rings. The molecule has 0 aromatic rings. The highest BCUT2D eigenvalue weighted by molar-refractivity contribution is 4.80. The second-order valence-corrected chi connectivity index (χ2v) is 6.13. The molecule has 15 heavy (non-hydrogen) atoms. The molecule has 1 aliphatic carbocycles. The summed E-state index contributed by atoms with van der Waals surface area (Å²) in [4.78, 5) is 0. The molecular formula is C14H28O. The molecule has 0 N–H and O–H groups in total. The zero-order valence-electron chi connectivity index (χ0n) is 11.0. The summed E-state index contributed by atoms with van der Waals surface area (Å²) in [6, 6.07) is 0. The summed E-state index contributed by atoms with van der Waals surface area (Å²) in [6.07, 6.45) is 7.08. The van der Waals surface area contributed by atoms with Crippen LogP contribution >= 0.6 is 0 Å². The van der Waals surface area contributed by atoms with Crippen LogP contribution in [0, 0.1) is 17.3 Å². The Kier molecular flexibility index (Phi) is 5.11. The van der Waals surface area contributed by atoms with Gasteiger partial charge in [0.2, 0.25) is 0 Å². The highest BCUT2D eigenvalue weighted by Crippen LogP contribution is 2.40. The molecule has 0 aromatic carbocycles. The van der Waals surface area contributed by atoms with Crippen molar-refractivity contribution in [1.82, 2.24) is 0 Å². The minimum Gasteiger partial charge on any atom is -0.381 e. The topological polar surface area (TPSA) is 9.23 Å². The fourth-order valence-electron chi connectivity index (χ4n) is 3.01. The Bertz CT molecular complexity index is 174. The van der Waals surface area contributed by atoms with Crippen LogP contribution in [0.4, 0.5) is 0 Å². The second-order valence-electron chi connectivity index (χ2n) is 6.13. The van der Waals surface area contributed by atoms with Gasteiger partial charge in [0.25, 0.3) is 0 Å². The molecule has 0 bridgehead atoms. The first-order valence-electron chi connectivity index (χ1n) is 6.61. The van der Waals surface area contributed by atoms with Crippen LogP contribution in [0.3, 0.4) is 0 Å². The quantitative estimate of drug-likeness (QED) is 0.661. The molecular weight excluding hydrogens is 184 g/mol. The first-order valence-corrected chi connectivity index (χ1v) is 6.61. The van der Waals surface area contributed by atoms with Crippen LogP contribution in [0.25, 0.3) is 0 Å². The Hall–Kier alpha value is -0.0400. The van der Waals surface area contributed by atoms with Crippen LogP contribution in [0.2, 0.25) is 0 Å². The number of hydrogen-bond donors (Lipinski definition) is 0. The smallest absolute Gasteiger partial charge is 0.0491 e. The molecule has 0 radical (unpaired) electrons. The van der Waals surface area contributed by atoms with E-state index in [0.717, 1.165) is 25.0 Å². The zero-order valence-corrected chi connectivity index (χ0v) is 11.0. The molecule has 1 saturated carbocycles. The third-order valence-corrected chi connectivity index (χ3v) is 3.65. The van der Waals surface area contributed by atoms with E-state index >= 15 is 0 Å². The van der Waals surface area contributed by atoms with Gasteiger partial charge in [-0.05, 0) is 43.4 Å². The van der Waals surface area contributed by atoms with Gasteiger partial charge in [-0.25, -0.2) is 0 Å². The van der Waals surface area contributed by atoms with Gasteiger partial charge in [0.15, 0.2) is 0 Å². The number of hydrogen-bond acceptors (Lipinski definition) is 1. The van der Waals surface area contributed by atoms with Gasteiger partial charge in [0.05, 0.1) is 0 Å². The van der Waals surface area contributed by atoms with Crippen molar-refractivity contribution >= 4 is 0 Å². The molecule has 1 nitrogen and oxygen atoms in total. The van der Waals surface area contributed by atoms with E-state index in [2.05, 4.69) is 27.7 Å². The average molecular weight is 212 g/mol. The monoisotopic (exact) mass is 212 g/mol. The summed E-state index contributed by atoms with van der Waals surface area (Å²) in [5.74, 6) is 1.69. The predicted octanol–water partition coefficient (Wildman–Crippen LogP) is 4.27. The third-order valence-electron chi connectivity index (χ3n) is 3.65. The summed E-state index contributed by atoms with van der Waals surface area (Å²) in [5.41, 5.74) is 0.592. The molecule has 0 spiro atoms. The van der Waals surface area contributed by atoms with E-state index in [1.54, 1.807) is 0 Å². The van der Waals surface area contributed by atoms with Crippen molar-refractivity contribution in [2.24, 2.45) is 17.3 Å². The van der Waals surface area contributed by atoms with Gasteiger partial charge in [-0.2, -0.15) is 0 Å². The Morgan fingerprint density at radius 2 is 2.13 bits per heavy atom. The van der Waals surface area contributed by atoms with Gasteiger partial charge in [0, 0.05) is 13.2 Å². The number of ether oxygens (including phenoxy) is 1. The third kappa shape index (κ3) is 5.01. The fraction of sp³-hybridized carbons (Fsp3) is 1.00. The molecule has 0 aromatic heterocycles. The lowest BCUT2D eigenvalue weighted by molar-refractivity contribution is 0.0909. The second kappa shape index (κ2) is 5.89. The van der Waals surface area contributed by atoms with Gasteiger partial charge in [0.1, 0.15) is 0 Å². The van der Waals surface area contributed by atoms with Crippen LogP contribution in [0.1, 0.15) is 59.8 Å². The molecule has 0 aliphatic heterocycles. The minimum absolute atomic E-state index is 0.592. The first kappa shape index (κ1) is 13.0. The van der Waals surface area contributed by atoms with Gasteiger partial charge in [-0.15, -0.1) is 0 Å². The van der Waals surface area contributed by atoms with Crippen molar-refractivity contribution in [3.63, 3.8) is 0 Å². The molecule has 0 heterocycles. The minimum atomic E-state index is 0.592. The van der Waals surface area contributed by atoms with Crippen LogP contribution in [0.5, 0.6) is 0 Å². The lowest BCUT2D eigenvalue weighted by Gasteiger charge is -2.36. The molecule has 1 heteroatoms. The van der Waals surface area contributed by atoms with Crippen molar-refractivity contribution in [2.45, 2.75) is 59.8 Å². The average Bonchev–Trinajstić information content (AvgIpc) is 2.13. The summed E-state index contributed by atoms with van der Waals surface area (Å²) >= 11 is 0. The summed E-state index contributed by atoms with van der Waals surface area (Å²) < 4.78 is 5.49. The SMILES string of the molecule is CCOCC(C)CC1CCCC(C)(C)C1. The molecule has 0 saturated heterocycles. The van der Waals surface area contributed by atoms with Crippen molar-refractivity contribution in [3.8, 4) is 0 Å². The Balaban J connectivity index is 2.25. The summed E-state index contributed by atoms with van der Waals surface area (Å²) in [6.45, 7) is 11.1. The van der Waals surface area contributed by atoms with Crippen molar-refractivity contribution < 1.29 is 4.74 Å². The lowest BCUT2D eigenvalue weighted by Crippen LogP contribution is -2.24. The highest BCUT2D eigenvalue weighted by atomic mass is 16.5. The Morgan fingerprint density at radius 3 is 2.73 bits per heavy atom. The van der Waals surface area contributed by atoms with Crippen LogP contribution in [-0.4, -0.2) is 13.2 Å². The van der Waals surface area contributed by atoms with Crippen LogP contribution in [-0.2, 0) is 4.74 Å². The van der Waals surface area contributed by atoms with E-state index in [4.69, 9.17) is 4.74 Å². The standard InChI is InChI=1S/C14H28O/c1-5-15-11-12(2)9-13-7-6-8-14(3,4)10-13/h12-13H,5-11H2,1-4H3. The maximum Gasteiger partial charge on any atom is 0.0491 e. The zero-order chi connectivity index (χ0) is 11.3. The van der Waals surface area contributed by atoms with Crippen LogP contribution < -0.4 is 0 Å². The van der Waals surface area contributed by atoms with E-state index in [1.807, 2.05) is 0 Å². The molecule has 2 atom stereocenters. The summed E-state index contributed by atoms with van der Waals surface area (Å²) in [7, 11) is 0. The largest absolute Gasteiger partial charge is 0.381 e. The van der Waals surface area contributed by atoms with Crippen molar-refractivity contribution in [2.75, 3.05) is 13.2 Å². The van der Waals surface area contributed by atoms with E-state index in [1.165, 1.54) is 32.1 Å². The molecule has 1 rings (SSSR count). The van der Waals surface area contributed by atoms with E-state index in [0.29, 0.717) is 5.41 Å². The lowest BCUT2D eigenvalue weighted by atomic mass is 9.70. The van der Waals surface area contributed by atoms with E-state index in [9.17, 15) is 0 Å². The van der Waals surface area contributed by atoms with E-state index in [-0.39, 0.29) is 0 Å². The maximum absolute atomic E-state index is 5.49. The normalized spacial score (nSPS) is 27.6. The first-order chi connectivity index (χ1) is 7.03. The van der Waals surface area contributed by atoms with Crippen molar-refractivity contribution in [1.29, 1.82) is 0 Å². The molecule has 1 aliphatic rings. The van der Waals surface area contributed by atoms with Gasteiger partial charge >= 0.3 is 0 Å². The predicted molar refractivity (Wildman–Crippen MR) is 66.0 cm³/mol. The molecule has 2 unspecified atom stereocenters. The fourth-order valence-corrected chi connectivity index (χ4v) is 3.01. The van der Waals surface area contributed by atoms with Gasteiger partial charge in [-0.3, -0.25) is 0 Å². The van der Waals surface area contributed by atoms with Gasteiger partial charge < -0.3 is 4.74 Å². The molecule has 90 valence electrons. The summed E-state index contributed by atoms with van der Waals surface area (Å²) in [5, 5.41) is 0. The molecule has 0 amide bonds. The van der Waals surface area contributed by atoms with Crippen molar-refractivity contribution in [3.05, 3.63) is 0 Å². The van der Waals surface area contributed by atoms with Gasteiger partial charge in [-0.1, -0.05) is 33.6 Å².